The van der Waals surface area contributed by atoms with Crippen molar-refractivity contribution in [2.75, 3.05) is 23.9 Å². The van der Waals surface area contributed by atoms with E-state index in [1.165, 1.54) is 11.3 Å². The van der Waals surface area contributed by atoms with Crippen LogP contribution < -0.4 is 15.0 Å². The molecule has 2 amide bonds. The van der Waals surface area contributed by atoms with Gasteiger partial charge in [0.2, 0.25) is 0 Å². The Morgan fingerprint density at radius 1 is 1.11 bits per heavy atom. The number of anilines is 2. The summed E-state index contributed by atoms with van der Waals surface area (Å²) in [6.07, 6.45) is 0.819. The Kier molecular flexibility index (Phi) is 4.64. The van der Waals surface area contributed by atoms with Crippen molar-refractivity contribution < 1.29 is 14.3 Å². The van der Waals surface area contributed by atoms with Crippen LogP contribution in [0.3, 0.4) is 0 Å². The van der Waals surface area contributed by atoms with Crippen LogP contribution >= 0.6 is 11.3 Å². The smallest absolute Gasteiger partial charge is 0.268 e. The van der Waals surface area contributed by atoms with Crippen LogP contribution in [0.1, 0.15) is 25.6 Å². The molecule has 0 radical (unpaired) electrons. The van der Waals surface area contributed by atoms with Crippen molar-refractivity contribution in [3.8, 4) is 5.75 Å². The topological polar surface area (TPSA) is 58.6 Å². The zero-order valence-corrected chi connectivity index (χ0v) is 15.6. The second-order valence-electron chi connectivity index (χ2n) is 6.21. The second-order valence-corrected chi connectivity index (χ2v) is 7.16. The molecule has 0 saturated carbocycles. The fraction of sp³-hybridized carbons (Fsp3) is 0.143. The molecule has 2 heterocycles. The molecule has 5 nitrogen and oxygen atoms in total. The molecule has 0 fully saturated rings. The predicted molar refractivity (Wildman–Crippen MR) is 107 cm³/mol. The molecule has 4 rings (SSSR count). The van der Waals surface area contributed by atoms with E-state index in [9.17, 15) is 9.59 Å². The molecule has 0 bridgehead atoms. The Morgan fingerprint density at radius 2 is 1.93 bits per heavy atom. The molecule has 0 atom stereocenters. The normalized spacial score (nSPS) is 12.6. The first-order valence-corrected chi connectivity index (χ1v) is 9.47. The summed E-state index contributed by atoms with van der Waals surface area (Å²) in [5.41, 5.74) is 3.19. The number of nitrogens with zero attached hydrogens (tertiary/aromatic N) is 1. The predicted octanol–water partition coefficient (Wildman–Crippen LogP) is 4.21. The average molecular weight is 378 g/mol. The molecule has 0 saturated heterocycles. The minimum Gasteiger partial charge on any atom is -0.497 e. The van der Waals surface area contributed by atoms with Crippen molar-refractivity contribution in [2.24, 2.45) is 0 Å². The molecule has 27 heavy (non-hydrogen) atoms. The summed E-state index contributed by atoms with van der Waals surface area (Å²) in [5.74, 6) is 0.501. The van der Waals surface area contributed by atoms with Gasteiger partial charge >= 0.3 is 0 Å². The lowest BCUT2D eigenvalue weighted by Gasteiger charge is -2.17. The average Bonchev–Trinajstić information content (AvgIpc) is 3.37. The van der Waals surface area contributed by atoms with E-state index in [4.69, 9.17) is 4.74 Å². The largest absolute Gasteiger partial charge is 0.497 e. The fourth-order valence-corrected chi connectivity index (χ4v) is 3.82. The lowest BCUT2D eigenvalue weighted by atomic mass is 10.1. The maximum Gasteiger partial charge on any atom is 0.268 e. The maximum absolute atomic E-state index is 12.7. The highest BCUT2D eigenvalue weighted by molar-refractivity contribution is 7.12. The van der Waals surface area contributed by atoms with Gasteiger partial charge in [0.25, 0.3) is 11.8 Å². The van der Waals surface area contributed by atoms with E-state index < -0.39 is 0 Å². The quantitative estimate of drug-likeness (QED) is 0.740. The highest BCUT2D eigenvalue weighted by Gasteiger charge is 2.26. The molecule has 1 N–H and O–H groups in total. The third-order valence-corrected chi connectivity index (χ3v) is 5.43. The molecular formula is C21H18N2O3S. The number of methoxy groups -OCH3 is 1. The van der Waals surface area contributed by atoms with Crippen LogP contribution in [-0.4, -0.2) is 25.5 Å². The maximum atomic E-state index is 12.7. The lowest BCUT2D eigenvalue weighted by molar-refractivity contribution is 0.0991. The summed E-state index contributed by atoms with van der Waals surface area (Å²) >= 11 is 1.44. The Balaban J connectivity index is 1.54. The zero-order chi connectivity index (χ0) is 18.8. The van der Waals surface area contributed by atoms with E-state index >= 15 is 0 Å². The molecule has 1 aliphatic heterocycles. The molecule has 0 unspecified atom stereocenters. The number of thiophene rings is 1. The van der Waals surface area contributed by atoms with Gasteiger partial charge in [-0.2, -0.15) is 0 Å². The number of amides is 2. The summed E-state index contributed by atoms with van der Waals surface area (Å²) in [6, 6.07) is 16.4. The first-order chi connectivity index (χ1) is 13.2. The third-order valence-electron chi connectivity index (χ3n) is 4.57. The minimum absolute atomic E-state index is 0.00220. The first-order valence-electron chi connectivity index (χ1n) is 8.59. The Morgan fingerprint density at radius 3 is 2.63 bits per heavy atom. The van der Waals surface area contributed by atoms with E-state index in [1.807, 2.05) is 35.7 Å². The number of benzene rings is 2. The highest BCUT2D eigenvalue weighted by atomic mass is 32.1. The van der Waals surface area contributed by atoms with Crippen LogP contribution in [0.5, 0.6) is 5.75 Å². The van der Waals surface area contributed by atoms with Crippen molar-refractivity contribution in [2.45, 2.75) is 6.42 Å². The molecule has 0 aliphatic carbocycles. The molecule has 3 aromatic rings. The summed E-state index contributed by atoms with van der Waals surface area (Å²) in [7, 11) is 1.59. The molecule has 1 aromatic heterocycles. The zero-order valence-electron chi connectivity index (χ0n) is 14.8. The SMILES string of the molecule is COc1ccc(C(=O)Nc2ccc3c(c2)N(C(=O)c2cccs2)CC3)cc1. The molecule has 0 spiro atoms. The van der Waals surface area contributed by atoms with Gasteiger partial charge in [-0.15, -0.1) is 11.3 Å². The summed E-state index contributed by atoms with van der Waals surface area (Å²) < 4.78 is 5.11. The molecular weight excluding hydrogens is 360 g/mol. The van der Waals surface area contributed by atoms with Crippen molar-refractivity contribution in [3.05, 3.63) is 76.0 Å². The highest BCUT2D eigenvalue weighted by Crippen LogP contribution is 2.32. The van der Waals surface area contributed by atoms with Gasteiger partial charge in [-0.3, -0.25) is 9.59 Å². The van der Waals surface area contributed by atoms with Gasteiger partial charge in [-0.05, 0) is 59.8 Å². The van der Waals surface area contributed by atoms with Crippen LogP contribution in [-0.2, 0) is 6.42 Å². The standard InChI is InChI=1S/C21H18N2O3S/c1-26-17-8-5-15(6-9-17)20(24)22-16-7-4-14-10-11-23(18(14)13-16)21(25)19-3-2-12-27-19/h2-9,12-13H,10-11H2,1H3,(H,22,24). The number of rotatable bonds is 4. The fourth-order valence-electron chi connectivity index (χ4n) is 3.15. The van der Waals surface area contributed by atoms with E-state index in [0.29, 0.717) is 23.5 Å². The van der Waals surface area contributed by atoms with Crippen molar-refractivity contribution >= 4 is 34.5 Å². The Labute approximate surface area is 161 Å². The summed E-state index contributed by atoms with van der Waals surface area (Å²) in [6.45, 7) is 0.655. The van der Waals surface area contributed by atoms with Crippen molar-refractivity contribution in [3.63, 3.8) is 0 Å². The molecule has 1 aliphatic rings. The van der Waals surface area contributed by atoms with Crippen LogP contribution in [0.15, 0.2) is 60.0 Å². The number of nitrogens with one attached hydrogen (secondary N) is 1. The van der Waals surface area contributed by atoms with Crippen molar-refractivity contribution in [1.82, 2.24) is 0 Å². The number of ether oxygens (including phenoxy) is 1. The van der Waals surface area contributed by atoms with E-state index in [-0.39, 0.29) is 11.8 Å². The Hall–Kier alpha value is -3.12. The van der Waals surface area contributed by atoms with Crippen LogP contribution in [0.25, 0.3) is 0 Å². The van der Waals surface area contributed by atoms with E-state index in [0.717, 1.165) is 22.5 Å². The third kappa shape index (κ3) is 3.44. The second kappa shape index (κ2) is 7.25. The van der Waals surface area contributed by atoms with Gasteiger partial charge < -0.3 is 15.0 Å². The van der Waals surface area contributed by atoms with Gasteiger partial charge in [0, 0.05) is 23.5 Å². The lowest BCUT2D eigenvalue weighted by Crippen LogP contribution is -2.28. The van der Waals surface area contributed by atoms with Crippen LogP contribution in [0, 0.1) is 0 Å². The van der Waals surface area contributed by atoms with Crippen LogP contribution in [0.2, 0.25) is 0 Å². The molecule has 2 aromatic carbocycles. The van der Waals surface area contributed by atoms with E-state index in [1.54, 1.807) is 36.3 Å². The first kappa shape index (κ1) is 17.3. The van der Waals surface area contributed by atoms with Gasteiger partial charge in [0.15, 0.2) is 0 Å². The van der Waals surface area contributed by atoms with Gasteiger partial charge in [0.1, 0.15) is 5.75 Å². The monoisotopic (exact) mass is 378 g/mol. The summed E-state index contributed by atoms with van der Waals surface area (Å²) in [5, 5.41) is 4.80. The van der Waals surface area contributed by atoms with Gasteiger partial charge in [-0.1, -0.05) is 12.1 Å². The van der Waals surface area contributed by atoms with Gasteiger partial charge in [-0.25, -0.2) is 0 Å². The number of hydrogen-bond donors (Lipinski definition) is 1. The number of carbonyl (C=O) groups excluding carboxylic acids is 2. The number of hydrogen-bond acceptors (Lipinski definition) is 4. The van der Waals surface area contributed by atoms with Crippen LogP contribution in [0.4, 0.5) is 11.4 Å². The number of fused-ring (bicyclic) bond motifs is 1. The number of carbonyl (C=O) groups is 2. The summed E-state index contributed by atoms with van der Waals surface area (Å²) in [4.78, 5) is 27.7. The Bertz CT molecular complexity index is 981. The van der Waals surface area contributed by atoms with E-state index in [2.05, 4.69) is 5.32 Å². The minimum atomic E-state index is -0.202. The molecule has 136 valence electrons. The van der Waals surface area contributed by atoms with Crippen molar-refractivity contribution in [1.29, 1.82) is 0 Å². The van der Waals surface area contributed by atoms with Gasteiger partial charge in [0.05, 0.1) is 12.0 Å². The molecule has 6 heteroatoms.